The Morgan fingerprint density at radius 1 is 1.38 bits per heavy atom. The van der Waals surface area contributed by atoms with Crippen LogP contribution < -0.4 is 15.4 Å². The molecule has 10 heteroatoms. The SMILES string of the molecule is CN=C(NCc1nc(C(F)(F)F)cs1)NCC(C)Oc1cccc(Cl)c1. The first-order chi connectivity index (χ1) is 12.3. The highest BCUT2D eigenvalue weighted by molar-refractivity contribution is 7.09. The third-order valence-electron chi connectivity index (χ3n) is 3.16. The molecule has 2 rings (SSSR count). The molecule has 0 saturated carbocycles. The monoisotopic (exact) mass is 406 g/mol. The number of aromatic nitrogens is 1. The molecule has 142 valence electrons. The minimum absolute atomic E-state index is 0.143. The van der Waals surface area contributed by atoms with Crippen molar-refractivity contribution in [1.82, 2.24) is 15.6 Å². The summed E-state index contributed by atoms with van der Waals surface area (Å²) in [6.07, 6.45) is -4.61. The first kappa shape index (κ1) is 20.3. The summed E-state index contributed by atoms with van der Waals surface area (Å²) >= 11 is 6.85. The van der Waals surface area contributed by atoms with Crippen LogP contribution in [0.4, 0.5) is 13.2 Å². The van der Waals surface area contributed by atoms with Crippen molar-refractivity contribution in [1.29, 1.82) is 0 Å². The average molecular weight is 407 g/mol. The molecule has 5 nitrogen and oxygen atoms in total. The van der Waals surface area contributed by atoms with E-state index >= 15 is 0 Å². The van der Waals surface area contributed by atoms with Gasteiger partial charge in [-0.05, 0) is 25.1 Å². The van der Waals surface area contributed by atoms with E-state index in [-0.39, 0.29) is 12.6 Å². The van der Waals surface area contributed by atoms with E-state index in [2.05, 4.69) is 20.6 Å². The van der Waals surface area contributed by atoms with E-state index in [4.69, 9.17) is 16.3 Å². The Kier molecular flexibility index (Phi) is 7.10. The van der Waals surface area contributed by atoms with Gasteiger partial charge in [0, 0.05) is 17.5 Å². The molecule has 1 atom stereocenters. The van der Waals surface area contributed by atoms with Gasteiger partial charge >= 0.3 is 6.18 Å². The molecule has 0 saturated heterocycles. The van der Waals surface area contributed by atoms with Crippen molar-refractivity contribution in [2.75, 3.05) is 13.6 Å². The Bertz CT molecular complexity index is 751. The third-order valence-corrected chi connectivity index (χ3v) is 4.25. The summed E-state index contributed by atoms with van der Waals surface area (Å²) in [6, 6.07) is 7.06. The lowest BCUT2D eigenvalue weighted by atomic mass is 10.3. The summed E-state index contributed by atoms with van der Waals surface area (Å²) in [5, 5.41) is 7.87. The lowest BCUT2D eigenvalue weighted by molar-refractivity contribution is -0.140. The van der Waals surface area contributed by atoms with E-state index in [1.165, 1.54) is 0 Å². The fourth-order valence-corrected chi connectivity index (χ4v) is 2.88. The van der Waals surface area contributed by atoms with Gasteiger partial charge < -0.3 is 15.4 Å². The van der Waals surface area contributed by atoms with Crippen LogP contribution in [0.2, 0.25) is 5.02 Å². The summed E-state index contributed by atoms with van der Waals surface area (Å²) in [7, 11) is 1.57. The van der Waals surface area contributed by atoms with Gasteiger partial charge in [-0.3, -0.25) is 4.99 Å². The number of ether oxygens (including phenoxy) is 1. The molecule has 0 radical (unpaired) electrons. The third kappa shape index (κ3) is 6.38. The fourth-order valence-electron chi connectivity index (χ4n) is 1.96. The average Bonchev–Trinajstić information content (AvgIpc) is 3.04. The standard InChI is InChI=1S/C16H18ClF3N4OS/c1-10(25-12-5-3-4-11(17)6-12)7-22-15(21-2)23-8-14-24-13(9-26-14)16(18,19)20/h3-6,9-10H,7-8H2,1-2H3,(H2,21,22,23). The summed E-state index contributed by atoms with van der Waals surface area (Å²) < 4.78 is 43.4. The molecule has 0 bridgehead atoms. The molecule has 0 aliphatic heterocycles. The van der Waals surface area contributed by atoms with Crippen LogP contribution in [0.25, 0.3) is 0 Å². The van der Waals surface area contributed by atoms with Gasteiger partial charge in [-0.1, -0.05) is 17.7 Å². The number of aliphatic imine (C=N–C) groups is 1. The molecule has 0 aliphatic carbocycles. The van der Waals surface area contributed by atoms with Crippen molar-refractivity contribution < 1.29 is 17.9 Å². The van der Waals surface area contributed by atoms with Crippen LogP contribution in [0.5, 0.6) is 5.75 Å². The van der Waals surface area contributed by atoms with Gasteiger partial charge in [0.25, 0.3) is 0 Å². The van der Waals surface area contributed by atoms with Gasteiger partial charge in [0.1, 0.15) is 16.9 Å². The van der Waals surface area contributed by atoms with Gasteiger partial charge in [0.05, 0.1) is 13.1 Å². The maximum atomic E-state index is 12.5. The molecular formula is C16H18ClF3N4OS. The first-order valence-corrected chi connectivity index (χ1v) is 8.92. The second-order valence-corrected chi connectivity index (χ2v) is 6.70. The largest absolute Gasteiger partial charge is 0.489 e. The molecule has 1 aromatic heterocycles. The molecule has 0 amide bonds. The van der Waals surface area contributed by atoms with E-state index in [1.54, 1.807) is 31.3 Å². The molecule has 26 heavy (non-hydrogen) atoms. The van der Waals surface area contributed by atoms with Crippen LogP contribution in [-0.2, 0) is 12.7 Å². The highest BCUT2D eigenvalue weighted by Crippen LogP contribution is 2.29. The van der Waals surface area contributed by atoms with E-state index < -0.39 is 11.9 Å². The molecular weight excluding hydrogens is 389 g/mol. The zero-order valence-corrected chi connectivity index (χ0v) is 15.7. The highest BCUT2D eigenvalue weighted by Gasteiger charge is 2.33. The molecule has 1 aromatic carbocycles. The van der Waals surface area contributed by atoms with Gasteiger partial charge in [-0.25, -0.2) is 4.98 Å². The minimum atomic E-state index is -4.43. The highest BCUT2D eigenvalue weighted by atomic mass is 35.5. The van der Waals surface area contributed by atoms with E-state index in [0.717, 1.165) is 16.7 Å². The summed E-state index contributed by atoms with van der Waals surface area (Å²) in [4.78, 5) is 7.58. The van der Waals surface area contributed by atoms with Crippen molar-refractivity contribution in [2.24, 2.45) is 4.99 Å². The maximum Gasteiger partial charge on any atom is 0.434 e. The number of rotatable bonds is 6. The van der Waals surface area contributed by atoms with Gasteiger partial charge in [-0.15, -0.1) is 11.3 Å². The van der Waals surface area contributed by atoms with E-state index in [1.807, 2.05) is 6.92 Å². The van der Waals surface area contributed by atoms with Crippen molar-refractivity contribution in [3.05, 3.63) is 45.4 Å². The quantitative estimate of drug-likeness (QED) is 0.563. The molecule has 0 fully saturated rings. The molecule has 2 aromatic rings. The molecule has 0 spiro atoms. The Hall–Kier alpha value is -2.00. The van der Waals surface area contributed by atoms with Crippen LogP contribution >= 0.6 is 22.9 Å². The van der Waals surface area contributed by atoms with Crippen molar-refractivity contribution >= 4 is 28.9 Å². The molecule has 2 N–H and O–H groups in total. The summed E-state index contributed by atoms with van der Waals surface area (Å²) in [6.45, 7) is 2.46. The lowest BCUT2D eigenvalue weighted by Crippen LogP contribution is -2.41. The molecule has 1 heterocycles. The van der Waals surface area contributed by atoms with Crippen molar-refractivity contribution in [3.8, 4) is 5.75 Å². The number of hydrogen-bond donors (Lipinski definition) is 2. The molecule has 1 unspecified atom stereocenters. The summed E-state index contributed by atoms with van der Waals surface area (Å²) in [5.41, 5.74) is -0.884. The smallest absolute Gasteiger partial charge is 0.434 e. The zero-order chi connectivity index (χ0) is 19.2. The van der Waals surface area contributed by atoms with Gasteiger partial charge in [0.2, 0.25) is 0 Å². The normalized spacial score (nSPS) is 13.4. The van der Waals surface area contributed by atoms with Crippen LogP contribution in [0.1, 0.15) is 17.6 Å². The number of thiazole rings is 1. The zero-order valence-electron chi connectivity index (χ0n) is 14.1. The lowest BCUT2D eigenvalue weighted by Gasteiger charge is -2.17. The number of halogens is 4. The number of hydrogen-bond acceptors (Lipinski definition) is 4. The minimum Gasteiger partial charge on any atom is -0.489 e. The van der Waals surface area contributed by atoms with Crippen LogP contribution in [0.15, 0.2) is 34.6 Å². The Morgan fingerprint density at radius 3 is 2.77 bits per heavy atom. The fraction of sp³-hybridized carbons (Fsp3) is 0.375. The topological polar surface area (TPSA) is 58.5 Å². The van der Waals surface area contributed by atoms with E-state index in [9.17, 15) is 13.2 Å². The Balaban J connectivity index is 1.79. The van der Waals surface area contributed by atoms with Crippen LogP contribution in [0.3, 0.4) is 0 Å². The van der Waals surface area contributed by atoms with Gasteiger partial charge in [0.15, 0.2) is 11.7 Å². The van der Waals surface area contributed by atoms with E-state index in [0.29, 0.717) is 28.3 Å². The Morgan fingerprint density at radius 2 is 2.15 bits per heavy atom. The molecule has 0 aliphatic rings. The van der Waals surface area contributed by atoms with Crippen LogP contribution in [0, 0.1) is 0 Å². The number of nitrogens with zero attached hydrogens (tertiary/aromatic N) is 2. The maximum absolute atomic E-state index is 12.5. The predicted octanol–water partition coefficient (Wildman–Crippen LogP) is 3.95. The van der Waals surface area contributed by atoms with Crippen molar-refractivity contribution in [2.45, 2.75) is 25.7 Å². The first-order valence-electron chi connectivity index (χ1n) is 7.66. The second-order valence-electron chi connectivity index (χ2n) is 5.32. The van der Waals surface area contributed by atoms with Crippen molar-refractivity contribution in [3.63, 3.8) is 0 Å². The Labute approximate surface area is 158 Å². The number of guanidine groups is 1. The number of nitrogens with one attached hydrogen (secondary N) is 2. The van der Waals surface area contributed by atoms with Crippen LogP contribution in [-0.4, -0.2) is 30.6 Å². The number of alkyl halides is 3. The number of benzene rings is 1. The summed E-state index contributed by atoms with van der Waals surface area (Å²) in [5.74, 6) is 1.09. The van der Waals surface area contributed by atoms with Gasteiger partial charge in [-0.2, -0.15) is 13.2 Å². The second kappa shape index (κ2) is 9.09. The predicted molar refractivity (Wildman–Crippen MR) is 96.9 cm³/mol.